The van der Waals surface area contributed by atoms with Crippen molar-refractivity contribution in [3.8, 4) is 0 Å². The molecule has 146 valence electrons. The lowest BCUT2D eigenvalue weighted by Crippen LogP contribution is -2.18. The summed E-state index contributed by atoms with van der Waals surface area (Å²) < 4.78 is 6.26. The van der Waals surface area contributed by atoms with E-state index in [0.717, 1.165) is 38.5 Å². The van der Waals surface area contributed by atoms with Gasteiger partial charge in [0.25, 0.3) is 0 Å². The third-order valence-corrected chi connectivity index (χ3v) is 6.16. The highest BCUT2D eigenvalue weighted by Gasteiger charge is 2.40. The van der Waals surface area contributed by atoms with Crippen LogP contribution in [-0.2, 0) is 9.53 Å². The summed E-state index contributed by atoms with van der Waals surface area (Å²) in [5, 5.41) is 10.9. The first-order valence-corrected chi connectivity index (χ1v) is 10.1. The van der Waals surface area contributed by atoms with Crippen molar-refractivity contribution in [3.05, 3.63) is 95.0 Å². The standard InChI is InChI=1S/C26H20N2O2/c1-14-11-20-21(12-15(14)2)28-26-23(27-20)24(29)25(30-26)22-18-9-5-3-7-16(18)13-17-8-4-6-10-19(17)22/h3-13,25,27-28H,1-2H3/t25-/m1/s1. The number of anilines is 2. The largest absolute Gasteiger partial charge is 0.461 e. The van der Waals surface area contributed by atoms with Gasteiger partial charge >= 0.3 is 0 Å². The van der Waals surface area contributed by atoms with E-state index in [1.165, 1.54) is 11.1 Å². The van der Waals surface area contributed by atoms with Crippen molar-refractivity contribution in [1.82, 2.24) is 0 Å². The van der Waals surface area contributed by atoms with Crippen LogP contribution in [0, 0.1) is 13.8 Å². The lowest BCUT2D eigenvalue weighted by atomic mass is 9.91. The van der Waals surface area contributed by atoms with Gasteiger partial charge in [0.1, 0.15) is 5.70 Å². The van der Waals surface area contributed by atoms with Crippen LogP contribution in [0.15, 0.2) is 78.3 Å². The van der Waals surface area contributed by atoms with E-state index in [4.69, 9.17) is 4.74 Å². The molecule has 2 N–H and O–H groups in total. The fourth-order valence-corrected chi connectivity index (χ4v) is 4.49. The molecule has 0 saturated heterocycles. The third-order valence-electron chi connectivity index (χ3n) is 6.16. The number of hydrogen-bond acceptors (Lipinski definition) is 4. The lowest BCUT2D eigenvalue weighted by Gasteiger charge is -2.21. The summed E-state index contributed by atoms with van der Waals surface area (Å²) in [6, 6.07) is 22.6. The molecule has 30 heavy (non-hydrogen) atoms. The zero-order chi connectivity index (χ0) is 20.4. The molecule has 4 aromatic rings. The van der Waals surface area contributed by atoms with Crippen molar-refractivity contribution >= 4 is 38.7 Å². The monoisotopic (exact) mass is 392 g/mol. The van der Waals surface area contributed by atoms with Gasteiger partial charge in [-0.2, -0.15) is 0 Å². The van der Waals surface area contributed by atoms with Crippen LogP contribution in [0.5, 0.6) is 0 Å². The minimum absolute atomic E-state index is 0.0529. The minimum atomic E-state index is -0.692. The lowest BCUT2D eigenvalue weighted by molar-refractivity contribution is -0.121. The van der Waals surface area contributed by atoms with E-state index in [1.54, 1.807) is 0 Å². The zero-order valence-electron chi connectivity index (χ0n) is 16.7. The highest BCUT2D eigenvalue weighted by atomic mass is 16.5. The number of carbonyl (C=O) groups excluding carboxylic acids is 1. The Morgan fingerprint density at radius 1 is 0.767 bits per heavy atom. The molecule has 2 heterocycles. The molecule has 0 aromatic heterocycles. The van der Waals surface area contributed by atoms with Gasteiger partial charge in [-0.3, -0.25) is 4.79 Å². The number of ether oxygens (including phenoxy) is 1. The molecule has 0 spiro atoms. The van der Waals surface area contributed by atoms with E-state index in [1.807, 2.05) is 24.3 Å². The van der Waals surface area contributed by atoms with Crippen molar-refractivity contribution in [2.75, 3.05) is 10.6 Å². The van der Waals surface area contributed by atoms with E-state index >= 15 is 0 Å². The second-order valence-corrected chi connectivity index (χ2v) is 8.03. The van der Waals surface area contributed by atoms with Crippen LogP contribution in [0.2, 0.25) is 0 Å². The molecule has 0 radical (unpaired) electrons. The Morgan fingerprint density at radius 3 is 1.97 bits per heavy atom. The van der Waals surface area contributed by atoms with Crippen LogP contribution in [-0.4, -0.2) is 5.78 Å². The normalized spacial score (nSPS) is 17.4. The summed E-state index contributed by atoms with van der Waals surface area (Å²) >= 11 is 0. The van der Waals surface area contributed by atoms with Crippen LogP contribution in [0.3, 0.4) is 0 Å². The van der Waals surface area contributed by atoms with Crippen molar-refractivity contribution in [1.29, 1.82) is 0 Å². The summed E-state index contributed by atoms with van der Waals surface area (Å²) in [6.45, 7) is 4.14. The maximum Gasteiger partial charge on any atom is 0.229 e. The van der Waals surface area contributed by atoms with Gasteiger partial charge < -0.3 is 15.4 Å². The summed E-state index contributed by atoms with van der Waals surface area (Å²) in [5.74, 6) is 0.445. The van der Waals surface area contributed by atoms with E-state index in [-0.39, 0.29) is 5.78 Å². The molecule has 4 nitrogen and oxygen atoms in total. The molecular formula is C26H20N2O2. The molecule has 0 aliphatic carbocycles. The number of aryl methyl sites for hydroxylation is 2. The molecule has 0 bridgehead atoms. The fraction of sp³-hybridized carbons (Fsp3) is 0.115. The molecular weight excluding hydrogens is 372 g/mol. The smallest absolute Gasteiger partial charge is 0.229 e. The number of Topliss-reactive ketones (excluding diaryl/α,β-unsaturated/α-hetero) is 1. The Labute approximate surface area is 174 Å². The predicted molar refractivity (Wildman–Crippen MR) is 120 cm³/mol. The van der Waals surface area contributed by atoms with Crippen LogP contribution in [0.1, 0.15) is 22.8 Å². The maximum absolute atomic E-state index is 13.5. The number of fused-ring (bicyclic) bond motifs is 3. The number of hydrogen-bond donors (Lipinski definition) is 2. The fourth-order valence-electron chi connectivity index (χ4n) is 4.49. The highest BCUT2D eigenvalue weighted by molar-refractivity contribution is 6.12. The average Bonchev–Trinajstić information content (AvgIpc) is 3.06. The molecule has 2 aliphatic rings. The number of benzene rings is 4. The van der Waals surface area contributed by atoms with Crippen molar-refractivity contribution < 1.29 is 9.53 Å². The number of carbonyl (C=O) groups is 1. The Bertz CT molecular complexity index is 1360. The van der Waals surface area contributed by atoms with Gasteiger partial charge in [0, 0.05) is 5.56 Å². The second-order valence-electron chi connectivity index (χ2n) is 8.03. The Balaban J connectivity index is 1.50. The first kappa shape index (κ1) is 17.1. The van der Waals surface area contributed by atoms with Crippen LogP contribution >= 0.6 is 0 Å². The summed E-state index contributed by atoms with van der Waals surface area (Å²) in [5.41, 5.74) is 5.60. The number of nitrogens with one attached hydrogen (secondary N) is 2. The quantitative estimate of drug-likeness (QED) is 0.393. The van der Waals surface area contributed by atoms with Crippen molar-refractivity contribution in [2.24, 2.45) is 0 Å². The van der Waals surface area contributed by atoms with Crippen molar-refractivity contribution in [3.63, 3.8) is 0 Å². The van der Waals surface area contributed by atoms with Crippen LogP contribution in [0.4, 0.5) is 11.4 Å². The molecule has 0 saturated carbocycles. The van der Waals surface area contributed by atoms with Gasteiger partial charge in [-0.1, -0.05) is 48.5 Å². The van der Waals surface area contributed by atoms with Crippen LogP contribution in [0.25, 0.3) is 21.5 Å². The van der Waals surface area contributed by atoms with Crippen molar-refractivity contribution in [2.45, 2.75) is 20.0 Å². The molecule has 2 aliphatic heterocycles. The molecule has 4 aromatic carbocycles. The maximum atomic E-state index is 13.5. The Hall–Kier alpha value is -3.79. The van der Waals surface area contributed by atoms with Gasteiger partial charge in [-0.05, 0) is 64.7 Å². The van der Waals surface area contributed by atoms with E-state index in [0.29, 0.717) is 11.6 Å². The first-order valence-electron chi connectivity index (χ1n) is 10.1. The third kappa shape index (κ3) is 2.37. The van der Waals surface area contributed by atoms with Gasteiger partial charge in [-0.25, -0.2) is 0 Å². The second kappa shape index (κ2) is 6.10. The van der Waals surface area contributed by atoms with E-state index < -0.39 is 6.10 Å². The number of rotatable bonds is 1. The SMILES string of the molecule is Cc1cc2c(cc1C)NC1=C(N2)O[C@H](c2c3ccccc3cc3ccccc23)C1=O. The Kier molecular flexibility index (Phi) is 3.48. The summed E-state index contributed by atoms with van der Waals surface area (Å²) in [4.78, 5) is 13.5. The number of ketones is 1. The van der Waals surface area contributed by atoms with E-state index in [9.17, 15) is 4.79 Å². The molecule has 0 fully saturated rings. The van der Waals surface area contributed by atoms with Gasteiger partial charge in [0.15, 0.2) is 6.10 Å². The minimum Gasteiger partial charge on any atom is -0.461 e. The van der Waals surface area contributed by atoms with Gasteiger partial charge in [0.05, 0.1) is 11.4 Å². The summed E-state index contributed by atoms with van der Waals surface area (Å²) in [7, 11) is 0. The van der Waals surface area contributed by atoms with Gasteiger partial charge in [0.2, 0.25) is 11.7 Å². The topological polar surface area (TPSA) is 50.4 Å². The Morgan fingerprint density at radius 2 is 1.33 bits per heavy atom. The van der Waals surface area contributed by atoms with Crippen LogP contribution < -0.4 is 10.6 Å². The molecule has 4 heteroatoms. The molecule has 0 amide bonds. The average molecular weight is 392 g/mol. The molecule has 0 unspecified atom stereocenters. The summed E-state index contributed by atoms with van der Waals surface area (Å²) in [6.07, 6.45) is -0.692. The predicted octanol–water partition coefficient (Wildman–Crippen LogP) is 5.96. The van der Waals surface area contributed by atoms with E-state index in [2.05, 4.69) is 66.9 Å². The molecule has 6 rings (SSSR count). The van der Waals surface area contributed by atoms with Gasteiger partial charge in [-0.15, -0.1) is 0 Å². The highest BCUT2D eigenvalue weighted by Crippen LogP contribution is 2.44. The molecule has 1 atom stereocenters. The zero-order valence-corrected chi connectivity index (χ0v) is 16.7. The first-order chi connectivity index (χ1) is 14.6.